The molecule has 0 heterocycles. The normalized spacial score (nSPS) is 10.8. The van der Waals surface area contributed by atoms with Gasteiger partial charge in [-0.1, -0.05) is 155 Å². The smallest absolute Gasteiger partial charge is 0.0533 e. The van der Waals surface area contributed by atoms with Crippen molar-refractivity contribution < 1.29 is 0 Å². The lowest BCUT2D eigenvalue weighted by Crippen LogP contribution is -1.84. The minimum atomic E-state index is 0. The number of rotatable bonds is 21. The monoisotopic (exact) mass is 418 g/mol. The van der Waals surface area contributed by atoms with E-state index in [1.807, 2.05) is 0 Å². The molecule has 0 aliphatic heterocycles. The van der Waals surface area contributed by atoms with Crippen LogP contribution in [0.4, 0.5) is 0 Å². The molecule has 0 aliphatic rings. The van der Waals surface area contributed by atoms with Gasteiger partial charge >= 0.3 is 0 Å². The van der Waals surface area contributed by atoms with Crippen molar-refractivity contribution in [1.82, 2.24) is 0 Å². The molecule has 0 rings (SSSR count). The molecule has 0 bridgehead atoms. The lowest BCUT2D eigenvalue weighted by molar-refractivity contribution is 0.520. The van der Waals surface area contributed by atoms with E-state index in [4.69, 9.17) is 0 Å². The molecule has 0 fully saturated rings. The van der Waals surface area contributed by atoms with E-state index < -0.39 is 0 Å². The third-order valence-corrected chi connectivity index (χ3v) is 5.46. The van der Waals surface area contributed by atoms with Crippen LogP contribution in [0.25, 0.3) is 0 Å². The van der Waals surface area contributed by atoms with Crippen molar-refractivity contribution in [2.24, 2.45) is 0 Å². The van der Waals surface area contributed by atoms with Gasteiger partial charge in [-0.2, -0.15) is 0 Å². The maximum atomic E-state index is 2.30. The average molecular weight is 420 g/mol. The van der Waals surface area contributed by atoms with Crippen LogP contribution in [-0.4, -0.2) is 0 Å². The molecule has 0 aromatic carbocycles. The summed E-state index contributed by atoms with van der Waals surface area (Å²) in [5.41, 5.74) is 0. The van der Waals surface area contributed by atoms with Crippen molar-refractivity contribution in [1.29, 1.82) is 0 Å². The number of hydrogen-bond acceptors (Lipinski definition) is 0. The fraction of sp³-hybridized carbons (Fsp3) is 1.00. The first-order valence-corrected chi connectivity index (χ1v) is 11.9. The molecule has 0 aliphatic carbocycles. The predicted molar refractivity (Wildman–Crippen MR) is 123 cm³/mol. The standard InChI is InChI=1S/C24H50.BrH/c1-3-5-7-9-11-13-15-17-19-21-23-24-22-20-18-16-14-12-10-8-6-4-2;/h3-24H2,1-2H3;1H. The Balaban J connectivity index is 0. The summed E-state index contributed by atoms with van der Waals surface area (Å²) in [4.78, 5) is 0. The quantitative estimate of drug-likeness (QED) is 0.162. The van der Waals surface area contributed by atoms with Gasteiger partial charge in [0.2, 0.25) is 0 Å². The fourth-order valence-electron chi connectivity index (χ4n) is 3.68. The van der Waals surface area contributed by atoms with Gasteiger partial charge in [-0.15, -0.1) is 17.0 Å². The van der Waals surface area contributed by atoms with Crippen LogP contribution >= 0.6 is 17.0 Å². The average Bonchev–Trinajstić information content (AvgIpc) is 2.60. The maximum absolute atomic E-state index is 2.30. The van der Waals surface area contributed by atoms with E-state index in [0.29, 0.717) is 0 Å². The van der Waals surface area contributed by atoms with Crippen LogP contribution in [-0.2, 0) is 0 Å². The highest BCUT2D eigenvalue weighted by Gasteiger charge is 1.95. The zero-order valence-corrected chi connectivity index (χ0v) is 19.7. The molecule has 154 valence electrons. The molecular weight excluding hydrogens is 368 g/mol. The molecular formula is C24H51Br. The molecule has 0 aromatic heterocycles. The second-order valence-electron chi connectivity index (χ2n) is 8.07. The first-order chi connectivity index (χ1) is 11.9. The van der Waals surface area contributed by atoms with Gasteiger partial charge < -0.3 is 0 Å². The van der Waals surface area contributed by atoms with Crippen LogP contribution in [0.2, 0.25) is 0 Å². The van der Waals surface area contributed by atoms with Crippen molar-refractivity contribution in [3.8, 4) is 0 Å². The van der Waals surface area contributed by atoms with Crippen molar-refractivity contribution in [2.45, 2.75) is 155 Å². The summed E-state index contributed by atoms with van der Waals surface area (Å²) >= 11 is 0. The summed E-state index contributed by atoms with van der Waals surface area (Å²) in [7, 11) is 0. The second-order valence-corrected chi connectivity index (χ2v) is 8.07. The number of halogens is 1. The summed E-state index contributed by atoms with van der Waals surface area (Å²) < 4.78 is 0. The Hall–Kier alpha value is 0.480. The highest BCUT2D eigenvalue weighted by atomic mass is 79.9. The second kappa shape index (κ2) is 26.7. The van der Waals surface area contributed by atoms with Gasteiger partial charge in [-0.05, 0) is 0 Å². The van der Waals surface area contributed by atoms with Crippen molar-refractivity contribution in [3.63, 3.8) is 0 Å². The zero-order valence-electron chi connectivity index (χ0n) is 18.0. The molecule has 0 aromatic rings. The topological polar surface area (TPSA) is 0 Å². The van der Waals surface area contributed by atoms with Crippen LogP contribution in [0.3, 0.4) is 0 Å². The summed E-state index contributed by atoms with van der Waals surface area (Å²) in [6, 6.07) is 0. The lowest BCUT2D eigenvalue weighted by atomic mass is 10.0. The zero-order chi connectivity index (χ0) is 17.6. The van der Waals surface area contributed by atoms with Crippen LogP contribution in [0.15, 0.2) is 0 Å². The van der Waals surface area contributed by atoms with Crippen molar-refractivity contribution in [3.05, 3.63) is 0 Å². The number of unbranched alkanes of at least 4 members (excludes halogenated alkanes) is 21. The summed E-state index contributed by atoms with van der Waals surface area (Å²) in [5, 5.41) is 0. The van der Waals surface area contributed by atoms with Gasteiger partial charge in [0.15, 0.2) is 0 Å². The lowest BCUT2D eigenvalue weighted by Gasteiger charge is -2.04. The largest absolute Gasteiger partial charge is 0.114 e. The van der Waals surface area contributed by atoms with Gasteiger partial charge in [0.25, 0.3) is 0 Å². The summed E-state index contributed by atoms with van der Waals surface area (Å²) in [6.07, 6.45) is 32.4. The van der Waals surface area contributed by atoms with E-state index >= 15 is 0 Å². The first kappa shape index (κ1) is 27.7. The van der Waals surface area contributed by atoms with Crippen LogP contribution in [0, 0.1) is 0 Å². The van der Waals surface area contributed by atoms with E-state index in [9.17, 15) is 0 Å². The van der Waals surface area contributed by atoms with Crippen molar-refractivity contribution in [2.75, 3.05) is 0 Å². The summed E-state index contributed by atoms with van der Waals surface area (Å²) in [5.74, 6) is 0. The van der Waals surface area contributed by atoms with Gasteiger partial charge in [0.1, 0.15) is 0 Å². The van der Waals surface area contributed by atoms with E-state index in [1.165, 1.54) is 141 Å². The van der Waals surface area contributed by atoms with E-state index in [0.717, 1.165) is 0 Å². The molecule has 25 heavy (non-hydrogen) atoms. The Morgan fingerprint density at radius 1 is 0.240 bits per heavy atom. The number of hydrogen-bond donors (Lipinski definition) is 0. The molecule has 0 radical (unpaired) electrons. The van der Waals surface area contributed by atoms with Crippen LogP contribution in [0.5, 0.6) is 0 Å². The maximum Gasteiger partial charge on any atom is -0.0533 e. The third kappa shape index (κ3) is 26.8. The van der Waals surface area contributed by atoms with Gasteiger partial charge in [0.05, 0.1) is 0 Å². The minimum absolute atomic E-state index is 0. The van der Waals surface area contributed by atoms with Gasteiger partial charge in [-0.25, -0.2) is 0 Å². The molecule has 0 spiro atoms. The Kier molecular flexibility index (Phi) is 29.6. The highest BCUT2D eigenvalue weighted by molar-refractivity contribution is 8.93. The molecule has 0 N–H and O–H groups in total. The third-order valence-electron chi connectivity index (χ3n) is 5.46. The SMILES string of the molecule is Br.CCCCCCCCCCCCCCCCCCCCCCCC. The van der Waals surface area contributed by atoms with Crippen LogP contribution in [0.1, 0.15) is 155 Å². The van der Waals surface area contributed by atoms with Gasteiger partial charge in [-0.3, -0.25) is 0 Å². The van der Waals surface area contributed by atoms with E-state index in [1.54, 1.807) is 0 Å². The molecule has 0 nitrogen and oxygen atoms in total. The molecule has 0 atom stereocenters. The Labute approximate surface area is 172 Å². The Bertz CT molecular complexity index is 180. The molecule has 0 unspecified atom stereocenters. The van der Waals surface area contributed by atoms with E-state index in [2.05, 4.69) is 13.8 Å². The van der Waals surface area contributed by atoms with Gasteiger partial charge in [0, 0.05) is 0 Å². The molecule has 0 saturated carbocycles. The van der Waals surface area contributed by atoms with Crippen LogP contribution < -0.4 is 0 Å². The summed E-state index contributed by atoms with van der Waals surface area (Å²) in [6.45, 7) is 4.60. The fourth-order valence-corrected chi connectivity index (χ4v) is 3.68. The highest BCUT2D eigenvalue weighted by Crippen LogP contribution is 2.15. The van der Waals surface area contributed by atoms with Crippen molar-refractivity contribution >= 4 is 17.0 Å². The van der Waals surface area contributed by atoms with E-state index in [-0.39, 0.29) is 17.0 Å². The molecule has 1 heteroatoms. The predicted octanol–water partition coefficient (Wildman–Crippen LogP) is 10.2. The first-order valence-electron chi connectivity index (χ1n) is 11.9. The molecule has 0 amide bonds. The molecule has 0 saturated heterocycles. The Morgan fingerprint density at radius 2 is 0.360 bits per heavy atom. The Morgan fingerprint density at radius 3 is 0.480 bits per heavy atom. The minimum Gasteiger partial charge on any atom is -0.114 e.